The highest BCUT2D eigenvalue weighted by molar-refractivity contribution is 7.47. The second-order valence-electron chi connectivity index (χ2n) is 25.8. The number of carbonyl (C=O) groups excluding carboxylic acids is 4. The molecular formula is C68H132O17P2. The number of esters is 4. The molecule has 0 aromatic carbocycles. The van der Waals surface area contributed by atoms with Crippen LogP contribution >= 0.6 is 15.6 Å². The topological polar surface area (TPSA) is 237 Å². The number of hydrogen-bond donors (Lipinski definition) is 3. The summed E-state index contributed by atoms with van der Waals surface area (Å²) in [6.07, 6.45) is 41.8. The molecule has 0 saturated heterocycles. The smallest absolute Gasteiger partial charge is 0.462 e. The lowest BCUT2D eigenvalue weighted by molar-refractivity contribution is -0.161. The Morgan fingerprint density at radius 1 is 0.333 bits per heavy atom. The second-order valence-corrected chi connectivity index (χ2v) is 28.7. The molecule has 0 aliphatic rings. The number of ether oxygens (including phenoxy) is 4. The lowest BCUT2D eigenvalue weighted by atomic mass is 9.99. The van der Waals surface area contributed by atoms with Crippen LogP contribution in [0.2, 0.25) is 0 Å². The van der Waals surface area contributed by atoms with Crippen LogP contribution in [-0.4, -0.2) is 96.7 Å². The minimum absolute atomic E-state index is 0.103. The number of hydrogen-bond acceptors (Lipinski definition) is 15. The van der Waals surface area contributed by atoms with E-state index in [0.29, 0.717) is 31.6 Å². The van der Waals surface area contributed by atoms with Crippen molar-refractivity contribution in [3.63, 3.8) is 0 Å². The van der Waals surface area contributed by atoms with Gasteiger partial charge in [0.1, 0.15) is 19.3 Å². The fourth-order valence-electron chi connectivity index (χ4n) is 10.2. The van der Waals surface area contributed by atoms with Crippen LogP contribution in [0.5, 0.6) is 0 Å². The van der Waals surface area contributed by atoms with Gasteiger partial charge in [-0.15, -0.1) is 0 Å². The highest BCUT2D eigenvalue weighted by Crippen LogP contribution is 2.45. The van der Waals surface area contributed by atoms with E-state index < -0.39 is 97.5 Å². The van der Waals surface area contributed by atoms with Crippen molar-refractivity contribution in [2.24, 2.45) is 17.8 Å². The molecule has 0 heterocycles. The van der Waals surface area contributed by atoms with Gasteiger partial charge in [-0.2, -0.15) is 0 Å². The average molecular weight is 1280 g/mol. The molecule has 0 bridgehead atoms. The van der Waals surface area contributed by atoms with Gasteiger partial charge in [0.25, 0.3) is 0 Å². The van der Waals surface area contributed by atoms with Gasteiger partial charge in [-0.05, 0) is 43.4 Å². The molecule has 0 spiro atoms. The van der Waals surface area contributed by atoms with Crippen LogP contribution in [0.4, 0.5) is 0 Å². The molecule has 3 N–H and O–H groups in total. The molecule has 0 aromatic heterocycles. The van der Waals surface area contributed by atoms with Crippen molar-refractivity contribution in [3.05, 3.63) is 0 Å². The summed E-state index contributed by atoms with van der Waals surface area (Å²) in [5.41, 5.74) is 0. The first kappa shape index (κ1) is 85.1. The maximum Gasteiger partial charge on any atom is 0.472 e. The summed E-state index contributed by atoms with van der Waals surface area (Å²) in [5, 5.41) is 10.6. The monoisotopic (exact) mass is 1280 g/mol. The Hall–Kier alpha value is -1.94. The molecule has 0 aliphatic carbocycles. The van der Waals surface area contributed by atoms with Gasteiger partial charge in [0, 0.05) is 25.7 Å². The summed E-state index contributed by atoms with van der Waals surface area (Å²) in [5.74, 6) is 0.157. The van der Waals surface area contributed by atoms with Crippen molar-refractivity contribution in [1.82, 2.24) is 0 Å². The first-order chi connectivity index (χ1) is 41.8. The van der Waals surface area contributed by atoms with Crippen molar-refractivity contribution in [3.8, 4) is 0 Å². The van der Waals surface area contributed by atoms with E-state index in [1.807, 2.05) is 0 Å². The van der Waals surface area contributed by atoms with E-state index in [9.17, 15) is 43.2 Å². The lowest BCUT2D eigenvalue weighted by Gasteiger charge is -2.21. The molecule has 87 heavy (non-hydrogen) atoms. The van der Waals surface area contributed by atoms with E-state index in [0.717, 1.165) is 115 Å². The van der Waals surface area contributed by atoms with Crippen LogP contribution in [0.3, 0.4) is 0 Å². The normalized spacial score (nSPS) is 14.6. The van der Waals surface area contributed by atoms with Crippen molar-refractivity contribution >= 4 is 39.5 Å². The molecule has 516 valence electrons. The van der Waals surface area contributed by atoms with Gasteiger partial charge in [-0.1, -0.05) is 286 Å². The van der Waals surface area contributed by atoms with Crippen LogP contribution < -0.4 is 0 Å². The molecule has 17 nitrogen and oxygen atoms in total. The van der Waals surface area contributed by atoms with Crippen LogP contribution in [0.1, 0.15) is 337 Å². The molecule has 0 amide bonds. The fourth-order valence-corrected chi connectivity index (χ4v) is 11.7. The Bertz CT molecular complexity index is 1720. The van der Waals surface area contributed by atoms with E-state index >= 15 is 0 Å². The fraction of sp³-hybridized carbons (Fsp3) is 0.941. The Morgan fingerprint density at radius 3 is 0.874 bits per heavy atom. The summed E-state index contributed by atoms with van der Waals surface area (Å²) in [4.78, 5) is 72.3. The minimum Gasteiger partial charge on any atom is -0.462 e. The number of aliphatic hydroxyl groups excluding tert-OH is 1. The molecule has 0 radical (unpaired) electrons. The van der Waals surface area contributed by atoms with Gasteiger partial charge >= 0.3 is 39.5 Å². The Morgan fingerprint density at radius 2 is 0.586 bits per heavy atom. The van der Waals surface area contributed by atoms with Crippen LogP contribution in [0, 0.1) is 17.8 Å². The minimum atomic E-state index is -4.95. The first-order valence-corrected chi connectivity index (χ1v) is 38.4. The van der Waals surface area contributed by atoms with Gasteiger partial charge in [0.05, 0.1) is 26.4 Å². The van der Waals surface area contributed by atoms with Crippen LogP contribution in [-0.2, 0) is 65.4 Å². The van der Waals surface area contributed by atoms with Crippen molar-refractivity contribution < 1.29 is 80.2 Å². The standard InChI is InChI=1S/C68H132O17P2/c1-8-10-11-12-25-35-42-49-65(70)78-55-63(85-68(73)52-45-38-31-24-27-33-40-47-60(5)6)57-82-86(74,75)80-53-62(69)54-81-87(76,77)83-58-64(56-79-66(71)50-43-36-29-22-19-18-21-28-34-41-48-61(7)9-2)84-67(72)51-44-37-30-23-17-15-13-14-16-20-26-32-39-46-59(3)4/h59-64,69H,8-58H2,1-7H3,(H,74,75)(H,76,77)/t61?,62-,63+,64+/m0/s1. The van der Waals surface area contributed by atoms with Gasteiger partial charge in [0.15, 0.2) is 12.2 Å². The third kappa shape index (κ3) is 61.3. The number of phosphoric acid groups is 2. The van der Waals surface area contributed by atoms with Gasteiger partial charge in [-0.3, -0.25) is 37.3 Å². The summed E-state index contributed by atoms with van der Waals surface area (Å²) in [7, 11) is -9.89. The van der Waals surface area contributed by atoms with E-state index in [2.05, 4.69) is 48.5 Å². The highest BCUT2D eigenvalue weighted by Gasteiger charge is 2.30. The van der Waals surface area contributed by atoms with Crippen molar-refractivity contribution in [2.45, 2.75) is 356 Å². The zero-order chi connectivity index (χ0) is 64.5. The SMILES string of the molecule is CCCCCCCCCC(=O)OC[C@H](COP(=O)(O)OC[C@H](O)COP(=O)(O)OC[C@@H](COC(=O)CCCCCCCCCCCCC(C)CC)OC(=O)CCCCCCCCCCCCCCCC(C)C)OC(=O)CCCCCCCCCC(C)C. The number of phosphoric ester groups is 2. The molecule has 0 rings (SSSR count). The Labute approximate surface area is 530 Å². The largest absolute Gasteiger partial charge is 0.472 e. The average Bonchev–Trinajstić information content (AvgIpc) is 3.57. The number of unbranched alkanes of at least 4 members (excludes halogenated alkanes) is 33. The quantitative estimate of drug-likeness (QED) is 0.0222. The third-order valence-electron chi connectivity index (χ3n) is 16.0. The predicted octanol–water partition coefficient (Wildman–Crippen LogP) is 19.1. The molecule has 0 saturated carbocycles. The summed E-state index contributed by atoms with van der Waals surface area (Å²) in [6, 6.07) is 0. The third-order valence-corrected chi connectivity index (χ3v) is 17.9. The van der Waals surface area contributed by atoms with Crippen LogP contribution in [0.25, 0.3) is 0 Å². The van der Waals surface area contributed by atoms with Gasteiger partial charge < -0.3 is 33.8 Å². The maximum absolute atomic E-state index is 13.0. The van der Waals surface area contributed by atoms with E-state index in [4.69, 9.17) is 37.0 Å². The number of aliphatic hydroxyl groups is 1. The van der Waals surface area contributed by atoms with Crippen LogP contribution in [0.15, 0.2) is 0 Å². The second kappa shape index (κ2) is 59.1. The summed E-state index contributed by atoms with van der Waals surface area (Å²) >= 11 is 0. The predicted molar refractivity (Wildman–Crippen MR) is 349 cm³/mol. The van der Waals surface area contributed by atoms with E-state index in [-0.39, 0.29) is 25.7 Å². The zero-order valence-corrected chi connectivity index (χ0v) is 58.3. The number of carbonyl (C=O) groups is 4. The Kier molecular flexibility index (Phi) is 57.8. The van der Waals surface area contributed by atoms with E-state index in [1.165, 1.54) is 135 Å². The molecule has 0 aromatic rings. The Balaban J connectivity index is 5.22. The summed E-state index contributed by atoms with van der Waals surface area (Å²) < 4.78 is 68.1. The maximum atomic E-state index is 13.0. The highest BCUT2D eigenvalue weighted by atomic mass is 31.2. The molecular weight excluding hydrogens is 1150 g/mol. The summed E-state index contributed by atoms with van der Waals surface area (Å²) in [6.45, 7) is 11.8. The van der Waals surface area contributed by atoms with Gasteiger partial charge in [0.2, 0.25) is 0 Å². The number of rotatable bonds is 66. The van der Waals surface area contributed by atoms with Crippen molar-refractivity contribution in [2.75, 3.05) is 39.6 Å². The molecule has 3 unspecified atom stereocenters. The molecule has 19 heteroatoms. The molecule has 0 aliphatic heterocycles. The molecule has 6 atom stereocenters. The van der Waals surface area contributed by atoms with Crippen molar-refractivity contribution in [1.29, 1.82) is 0 Å². The molecule has 0 fully saturated rings. The lowest BCUT2D eigenvalue weighted by Crippen LogP contribution is -2.30. The van der Waals surface area contributed by atoms with E-state index in [1.54, 1.807) is 0 Å². The van der Waals surface area contributed by atoms with Gasteiger partial charge in [-0.25, -0.2) is 9.13 Å². The zero-order valence-electron chi connectivity index (χ0n) is 56.5. The first-order valence-electron chi connectivity index (χ1n) is 35.4.